The standard InChI is InChI=1S/C47H38N4/c1-2-40(45(48)36-19-11-5-12-20-36)46-41-28-27-38(29-39(41)30-42(49-46)33-15-7-3-8-16-33)32-23-25-35(26-24-32)44-31-43(34-17-9-4-10-18-34)50-47(51-44)37-21-13-6-14-22-37/h3-31,45,49H,2,48H2,1H3/b46-40-. The molecule has 6 aromatic carbocycles. The zero-order valence-corrected chi connectivity index (χ0v) is 28.5. The van der Waals surface area contributed by atoms with Crippen molar-refractivity contribution in [3.8, 4) is 45.0 Å². The van der Waals surface area contributed by atoms with Crippen LogP contribution in [0.3, 0.4) is 0 Å². The molecule has 0 aliphatic carbocycles. The van der Waals surface area contributed by atoms with Gasteiger partial charge in [-0.2, -0.15) is 0 Å². The monoisotopic (exact) mass is 658 g/mol. The Labute approximate surface area is 299 Å². The first-order valence-corrected chi connectivity index (χ1v) is 17.5. The summed E-state index contributed by atoms with van der Waals surface area (Å²) >= 11 is 0. The Morgan fingerprint density at radius 1 is 0.549 bits per heavy atom. The molecule has 0 saturated carbocycles. The number of nitrogens with zero attached hydrogens (tertiary/aromatic N) is 2. The lowest BCUT2D eigenvalue weighted by atomic mass is 9.87. The molecule has 1 aromatic heterocycles. The molecule has 0 radical (unpaired) electrons. The Hall–Kier alpha value is -6.36. The molecule has 0 fully saturated rings. The molecular weight excluding hydrogens is 621 g/mol. The largest absolute Gasteiger partial charge is 0.354 e. The molecule has 3 N–H and O–H groups in total. The highest BCUT2D eigenvalue weighted by Gasteiger charge is 2.23. The van der Waals surface area contributed by atoms with Crippen molar-refractivity contribution in [2.24, 2.45) is 5.73 Å². The molecule has 0 spiro atoms. The number of hydrogen-bond donors (Lipinski definition) is 2. The second kappa shape index (κ2) is 14.2. The van der Waals surface area contributed by atoms with Gasteiger partial charge < -0.3 is 11.1 Å². The highest BCUT2D eigenvalue weighted by Crippen LogP contribution is 2.38. The van der Waals surface area contributed by atoms with Crippen LogP contribution in [0.4, 0.5) is 0 Å². The molecule has 0 bridgehead atoms. The Morgan fingerprint density at radius 3 is 1.67 bits per heavy atom. The van der Waals surface area contributed by atoms with Gasteiger partial charge in [0.1, 0.15) is 0 Å². The van der Waals surface area contributed by atoms with Gasteiger partial charge in [-0.25, -0.2) is 9.97 Å². The van der Waals surface area contributed by atoms with E-state index in [1.807, 2.05) is 42.5 Å². The van der Waals surface area contributed by atoms with E-state index in [1.165, 1.54) is 5.57 Å². The summed E-state index contributed by atoms with van der Waals surface area (Å²) in [7, 11) is 0. The summed E-state index contributed by atoms with van der Waals surface area (Å²) in [5, 5.41) is 3.79. The molecule has 8 rings (SSSR count). The summed E-state index contributed by atoms with van der Waals surface area (Å²) in [6, 6.07) is 58.6. The Kier molecular flexibility index (Phi) is 8.90. The lowest BCUT2D eigenvalue weighted by Crippen LogP contribution is -2.22. The van der Waals surface area contributed by atoms with Crippen LogP contribution in [0.2, 0.25) is 0 Å². The van der Waals surface area contributed by atoms with Gasteiger partial charge in [-0.1, -0.05) is 165 Å². The van der Waals surface area contributed by atoms with Crippen LogP contribution in [-0.2, 0) is 0 Å². The van der Waals surface area contributed by atoms with Gasteiger partial charge >= 0.3 is 0 Å². The molecule has 1 unspecified atom stereocenters. The summed E-state index contributed by atoms with van der Waals surface area (Å²) in [4.78, 5) is 9.98. The number of fused-ring (bicyclic) bond motifs is 1. The third-order valence-electron chi connectivity index (χ3n) is 9.54. The minimum Gasteiger partial charge on any atom is -0.354 e. The fraction of sp³-hybridized carbons (Fsp3) is 0.0638. The highest BCUT2D eigenvalue weighted by molar-refractivity contribution is 5.95. The first kappa shape index (κ1) is 31.9. The van der Waals surface area contributed by atoms with E-state index in [2.05, 4.69) is 146 Å². The maximum atomic E-state index is 6.96. The maximum Gasteiger partial charge on any atom is 0.160 e. The number of nitrogens with one attached hydrogen (secondary N) is 1. The van der Waals surface area contributed by atoms with Gasteiger partial charge in [0.05, 0.1) is 17.4 Å². The quantitative estimate of drug-likeness (QED) is 0.171. The van der Waals surface area contributed by atoms with E-state index in [4.69, 9.17) is 15.7 Å². The second-order valence-corrected chi connectivity index (χ2v) is 12.8. The fourth-order valence-corrected chi connectivity index (χ4v) is 6.82. The van der Waals surface area contributed by atoms with Crippen LogP contribution in [0.5, 0.6) is 0 Å². The average Bonchev–Trinajstić information content (AvgIpc) is 3.22. The van der Waals surface area contributed by atoms with Gasteiger partial charge in [-0.05, 0) is 58.0 Å². The molecule has 1 atom stereocenters. The third kappa shape index (κ3) is 6.65. The molecule has 4 heteroatoms. The summed E-state index contributed by atoms with van der Waals surface area (Å²) in [6.07, 6.45) is 3.08. The summed E-state index contributed by atoms with van der Waals surface area (Å²) in [5.74, 6) is 0.711. The Bertz CT molecular complexity index is 2290. The van der Waals surface area contributed by atoms with Crippen molar-refractivity contribution in [3.05, 3.63) is 198 Å². The van der Waals surface area contributed by atoms with Crippen LogP contribution in [-0.4, -0.2) is 9.97 Å². The molecule has 4 nitrogen and oxygen atoms in total. The van der Waals surface area contributed by atoms with Crippen molar-refractivity contribution in [3.63, 3.8) is 0 Å². The van der Waals surface area contributed by atoms with Gasteiger partial charge in [-0.3, -0.25) is 0 Å². The van der Waals surface area contributed by atoms with Crippen LogP contribution < -0.4 is 11.1 Å². The predicted molar refractivity (Wildman–Crippen MR) is 212 cm³/mol. The second-order valence-electron chi connectivity index (χ2n) is 12.8. The van der Waals surface area contributed by atoms with Crippen LogP contribution in [0, 0.1) is 0 Å². The van der Waals surface area contributed by atoms with Gasteiger partial charge in [0.25, 0.3) is 0 Å². The van der Waals surface area contributed by atoms with E-state index in [0.29, 0.717) is 5.82 Å². The average molecular weight is 659 g/mol. The number of rotatable bonds is 8. The first-order valence-electron chi connectivity index (χ1n) is 17.5. The highest BCUT2D eigenvalue weighted by atomic mass is 14.9. The van der Waals surface area contributed by atoms with Crippen molar-refractivity contribution in [2.45, 2.75) is 19.4 Å². The fourth-order valence-electron chi connectivity index (χ4n) is 6.82. The predicted octanol–water partition coefficient (Wildman–Crippen LogP) is 11.1. The van der Waals surface area contributed by atoms with E-state index in [9.17, 15) is 0 Å². The van der Waals surface area contributed by atoms with Crippen LogP contribution in [0.25, 0.3) is 62.5 Å². The van der Waals surface area contributed by atoms with Gasteiger partial charge in [0, 0.05) is 33.6 Å². The van der Waals surface area contributed by atoms with Gasteiger partial charge in [0.2, 0.25) is 0 Å². The van der Waals surface area contributed by atoms with Crippen LogP contribution >= 0.6 is 0 Å². The topological polar surface area (TPSA) is 63.8 Å². The third-order valence-corrected chi connectivity index (χ3v) is 9.54. The summed E-state index contributed by atoms with van der Waals surface area (Å²) in [5.41, 5.74) is 22.0. The van der Waals surface area contributed by atoms with E-state index in [-0.39, 0.29) is 6.04 Å². The molecular formula is C47H38N4. The summed E-state index contributed by atoms with van der Waals surface area (Å²) in [6.45, 7) is 2.19. The lowest BCUT2D eigenvalue weighted by molar-refractivity contribution is 0.796. The minimum atomic E-state index is -0.222. The number of hydrogen-bond acceptors (Lipinski definition) is 4. The smallest absolute Gasteiger partial charge is 0.160 e. The Balaban J connectivity index is 1.18. The number of nitrogens with two attached hydrogens (primary N) is 1. The van der Waals surface area contributed by atoms with E-state index >= 15 is 0 Å². The molecule has 246 valence electrons. The molecule has 0 amide bonds. The number of benzene rings is 6. The zero-order chi connectivity index (χ0) is 34.6. The van der Waals surface area contributed by atoms with Gasteiger partial charge in [0.15, 0.2) is 5.82 Å². The molecule has 7 aromatic rings. The van der Waals surface area contributed by atoms with Crippen molar-refractivity contribution in [1.82, 2.24) is 15.3 Å². The van der Waals surface area contributed by atoms with Crippen LogP contribution in [0.15, 0.2) is 175 Å². The molecule has 0 saturated heterocycles. The normalized spacial score (nSPS) is 13.8. The zero-order valence-electron chi connectivity index (χ0n) is 28.5. The molecule has 51 heavy (non-hydrogen) atoms. The SMILES string of the molecule is CC/C(=C1/NC(c2ccccc2)=Cc2cc(-c3ccc(-c4cc(-c5ccccc5)nc(-c5ccccc5)n4)cc3)ccc21)C(N)c1ccccc1. The molecule has 1 aliphatic rings. The minimum absolute atomic E-state index is 0.222. The maximum absolute atomic E-state index is 6.96. The van der Waals surface area contributed by atoms with Crippen molar-refractivity contribution < 1.29 is 0 Å². The van der Waals surface area contributed by atoms with Crippen molar-refractivity contribution >= 4 is 17.5 Å². The van der Waals surface area contributed by atoms with E-state index in [0.717, 1.165) is 79.3 Å². The van der Waals surface area contributed by atoms with Crippen LogP contribution in [0.1, 0.15) is 41.6 Å². The molecule has 1 aliphatic heterocycles. The lowest BCUT2D eigenvalue weighted by Gasteiger charge is -2.28. The summed E-state index contributed by atoms with van der Waals surface area (Å²) < 4.78 is 0. The first-order chi connectivity index (χ1) is 25.1. The Morgan fingerprint density at radius 2 is 1.06 bits per heavy atom. The number of aromatic nitrogens is 2. The van der Waals surface area contributed by atoms with Crippen molar-refractivity contribution in [2.75, 3.05) is 0 Å². The van der Waals surface area contributed by atoms with Gasteiger partial charge in [-0.15, -0.1) is 0 Å². The molecule has 2 heterocycles. The van der Waals surface area contributed by atoms with E-state index < -0.39 is 0 Å². The van der Waals surface area contributed by atoms with Crippen molar-refractivity contribution in [1.29, 1.82) is 0 Å². The van der Waals surface area contributed by atoms with E-state index in [1.54, 1.807) is 0 Å².